The molecular weight excluding hydrogens is 268 g/mol. The van der Waals surface area contributed by atoms with E-state index in [0.29, 0.717) is 0 Å². The minimum absolute atomic E-state index is 0.0584. The first kappa shape index (κ1) is 20.6. The average molecular weight is 292 g/mol. The van der Waals surface area contributed by atoms with Gasteiger partial charge in [0.25, 0.3) is 0 Å². The highest BCUT2D eigenvalue weighted by atomic mass is 16.4. The standard InChI is InChI=1S/C10H22N2O2.C2H2O4/c1-4-12(5-2)7-6-11-9(3)8-10(13)14;3-1(4)2(5)6/h9,11H,4-8H2,1-3H3,(H,13,14);(H,3,4)(H,5,6). The van der Waals surface area contributed by atoms with Gasteiger partial charge in [-0.2, -0.15) is 0 Å². The van der Waals surface area contributed by atoms with Crippen molar-refractivity contribution in [3.8, 4) is 0 Å². The third kappa shape index (κ3) is 14.4. The number of nitrogens with zero attached hydrogens (tertiary/aromatic N) is 1. The van der Waals surface area contributed by atoms with Gasteiger partial charge in [0.1, 0.15) is 0 Å². The summed E-state index contributed by atoms with van der Waals surface area (Å²) in [6, 6.07) is 0.0584. The van der Waals surface area contributed by atoms with Crippen LogP contribution < -0.4 is 5.32 Å². The zero-order valence-corrected chi connectivity index (χ0v) is 12.1. The molecule has 0 aliphatic rings. The molecule has 0 amide bonds. The van der Waals surface area contributed by atoms with Crippen LogP contribution in [0, 0.1) is 0 Å². The predicted molar refractivity (Wildman–Crippen MR) is 72.8 cm³/mol. The second-order valence-corrected chi connectivity index (χ2v) is 4.09. The number of carboxylic acid groups (broad SMARTS) is 3. The summed E-state index contributed by atoms with van der Waals surface area (Å²) < 4.78 is 0. The van der Waals surface area contributed by atoms with Crippen LogP contribution >= 0.6 is 0 Å². The van der Waals surface area contributed by atoms with E-state index in [9.17, 15) is 4.79 Å². The van der Waals surface area contributed by atoms with E-state index in [2.05, 4.69) is 24.1 Å². The zero-order chi connectivity index (χ0) is 16.1. The highest BCUT2D eigenvalue weighted by molar-refractivity contribution is 6.27. The van der Waals surface area contributed by atoms with E-state index in [-0.39, 0.29) is 12.5 Å². The molecule has 20 heavy (non-hydrogen) atoms. The Bertz CT molecular complexity index is 292. The van der Waals surface area contributed by atoms with Crippen molar-refractivity contribution in [2.24, 2.45) is 0 Å². The highest BCUT2D eigenvalue weighted by Crippen LogP contribution is 1.90. The van der Waals surface area contributed by atoms with Crippen LogP contribution in [0.5, 0.6) is 0 Å². The lowest BCUT2D eigenvalue weighted by Crippen LogP contribution is -2.36. The van der Waals surface area contributed by atoms with E-state index in [0.717, 1.165) is 26.2 Å². The molecule has 0 aromatic heterocycles. The van der Waals surface area contributed by atoms with Crippen molar-refractivity contribution in [1.29, 1.82) is 0 Å². The Balaban J connectivity index is 0. The number of rotatable bonds is 8. The van der Waals surface area contributed by atoms with Crippen LogP contribution in [0.3, 0.4) is 0 Å². The van der Waals surface area contributed by atoms with Gasteiger partial charge in [0.2, 0.25) is 0 Å². The first-order valence-corrected chi connectivity index (χ1v) is 6.38. The molecule has 0 bridgehead atoms. The van der Waals surface area contributed by atoms with Gasteiger partial charge in [-0.3, -0.25) is 4.79 Å². The zero-order valence-electron chi connectivity index (χ0n) is 12.1. The number of carboxylic acids is 3. The second kappa shape index (κ2) is 12.4. The van der Waals surface area contributed by atoms with Crippen molar-refractivity contribution < 1.29 is 29.7 Å². The first-order chi connectivity index (χ1) is 9.24. The van der Waals surface area contributed by atoms with Crippen LogP contribution in [0.2, 0.25) is 0 Å². The van der Waals surface area contributed by atoms with Crippen molar-refractivity contribution >= 4 is 17.9 Å². The molecule has 1 atom stereocenters. The molecule has 4 N–H and O–H groups in total. The number of aliphatic carboxylic acids is 3. The second-order valence-electron chi connectivity index (χ2n) is 4.09. The molecule has 0 saturated carbocycles. The van der Waals surface area contributed by atoms with Crippen molar-refractivity contribution in [2.45, 2.75) is 33.2 Å². The maximum Gasteiger partial charge on any atom is 0.414 e. The van der Waals surface area contributed by atoms with Crippen LogP contribution in [-0.4, -0.2) is 70.3 Å². The van der Waals surface area contributed by atoms with Gasteiger partial charge in [-0.15, -0.1) is 0 Å². The van der Waals surface area contributed by atoms with E-state index in [1.807, 2.05) is 6.92 Å². The van der Waals surface area contributed by atoms with Crippen molar-refractivity contribution in [1.82, 2.24) is 10.2 Å². The van der Waals surface area contributed by atoms with Crippen LogP contribution in [-0.2, 0) is 14.4 Å². The first-order valence-electron chi connectivity index (χ1n) is 6.38. The number of likely N-dealkylation sites (N-methyl/N-ethyl adjacent to an activating group) is 1. The molecule has 0 aromatic rings. The normalized spacial score (nSPS) is 11.4. The predicted octanol–water partition coefficient (Wildman–Crippen LogP) is -0.0634. The van der Waals surface area contributed by atoms with Crippen LogP contribution in [0.15, 0.2) is 0 Å². The highest BCUT2D eigenvalue weighted by Gasteiger charge is 2.06. The maximum absolute atomic E-state index is 10.4. The van der Waals surface area contributed by atoms with E-state index >= 15 is 0 Å². The molecule has 0 rings (SSSR count). The van der Waals surface area contributed by atoms with E-state index in [1.54, 1.807) is 0 Å². The fourth-order valence-corrected chi connectivity index (χ4v) is 1.34. The Morgan fingerprint density at radius 1 is 1.05 bits per heavy atom. The summed E-state index contributed by atoms with van der Waals surface area (Å²) >= 11 is 0. The largest absolute Gasteiger partial charge is 0.481 e. The minimum Gasteiger partial charge on any atom is -0.481 e. The molecule has 8 nitrogen and oxygen atoms in total. The van der Waals surface area contributed by atoms with E-state index < -0.39 is 17.9 Å². The lowest BCUT2D eigenvalue weighted by atomic mass is 10.2. The summed E-state index contributed by atoms with van der Waals surface area (Å²) in [6.45, 7) is 10.1. The summed E-state index contributed by atoms with van der Waals surface area (Å²) in [4.78, 5) is 30.9. The Hall–Kier alpha value is -1.67. The molecule has 0 radical (unpaired) electrons. The molecule has 118 valence electrons. The topological polar surface area (TPSA) is 127 Å². The minimum atomic E-state index is -1.82. The quantitative estimate of drug-likeness (QED) is 0.458. The van der Waals surface area contributed by atoms with Gasteiger partial charge in [0.05, 0.1) is 6.42 Å². The van der Waals surface area contributed by atoms with Crippen molar-refractivity contribution in [3.05, 3.63) is 0 Å². The molecule has 0 aliphatic heterocycles. The molecule has 8 heteroatoms. The number of carbonyl (C=O) groups is 3. The van der Waals surface area contributed by atoms with Crippen LogP contribution in [0.25, 0.3) is 0 Å². The van der Waals surface area contributed by atoms with Crippen LogP contribution in [0.4, 0.5) is 0 Å². The number of hydrogen-bond donors (Lipinski definition) is 4. The number of nitrogens with one attached hydrogen (secondary N) is 1. The van der Waals surface area contributed by atoms with E-state index in [4.69, 9.17) is 24.9 Å². The molecule has 0 aliphatic carbocycles. The lowest BCUT2D eigenvalue weighted by Gasteiger charge is -2.19. The molecule has 0 spiro atoms. The molecular formula is C12H24N2O6. The molecule has 0 saturated heterocycles. The number of hydrogen-bond acceptors (Lipinski definition) is 5. The van der Waals surface area contributed by atoms with Gasteiger partial charge in [0, 0.05) is 19.1 Å². The van der Waals surface area contributed by atoms with Crippen LogP contribution in [0.1, 0.15) is 27.2 Å². The smallest absolute Gasteiger partial charge is 0.414 e. The summed E-state index contributed by atoms with van der Waals surface area (Å²) in [5.74, 6) is -4.39. The Kier molecular flexibility index (Phi) is 12.8. The van der Waals surface area contributed by atoms with Gasteiger partial charge in [-0.1, -0.05) is 13.8 Å². The van der Waals surface area contributed by atoms with Crippen molar-refractivity contribution in [3.63, 3.8) is 0 Å². The SMILES string of the molecule is CCN(CC)CCNC(C)CC(=O)O.O=C(O)C(=O)O. The summed E-state index contributed by atoms with van der Waals surface area (Å²) in [6.07, 6.45) is 0.193. The van der Waals surface area contributed by atoms with Gasteiger partial charge in [0.15, 0.2) is 0 Å². The van der Waals surface area contributed by atoms with Gasteiger partial charge in [-0.25, -0.2) is 9.59 Å². The Labute approximate surface area is 118 Å². The monoisotopic (exact) mass is 292 g/mol. The summed E-state index contributed by atoms with van der Waals surface area (Å²) in [7, 11) is 0. The molecule has 0 fully saturated rings. The molecule has 1 unspecified atom stereocenters. The third-order valence-electron chi connectivity index (χ3n) is 2.48. The molecule has 0 aromatic carbocycles. The Morgan fingerprint density at radius 2 is 1.50 bits per heavy atom. The van der Waals surface area contributed by atoms with Gasteiger partial charge in [-0.05, 0) is 20.0 Å². The lowest BCUT2D eigenvalue weighted by molar-refractivity contribution is -0.159. The van der Waals surface area contributed by atoms with Gasteiger partial charge >= 0.3 is 17.9 Å². The Morgan fingerprint density at radius 3 is 1.80 bits per heavy atom. The maximum atomic E-state index is 10.4. The third-order valence-corrected chi connectivity index (χ3v) is 2.48. The van der Waals surface area contributed by atoms with E-state index in [1.165, 1.54) is 0 Å². The fraction of sp³-hybridized carbons (Fsp3) is 0.750. The average Bonchev–Trinajstić information content (AvgIpc) is 2.34. The van der Waals surface area contributed by atoms with Crippen molar-refractivity contribution in [2.75, 3.05) is 26.2 Å². The fourth-order valence-electron chi connectivity index (χ4n) is 1.34. The van der Waals surface area contributed by atoms with Gasteiger partial charge < -0.3 is 25.5 Å². The summed E-state index contributed by atoms with van der Waals surface area (Å²) in [5.41, 5.74) is 0. The summed E-state index contributed by atoms with van der Waals surface area (Å²) in [5, 5.41) is 26.5. The molecule has 0 heterocycles.